The number of carbonyl (C=O) groups excluding carboxylic acids is 1. The van der Waals surface area contributed by atoms with Gasteiger partial charge in [-0.05, 0) is 31.2 Å². The van der Waals surface area contributed by atoms with Crippen LogP contribution >= 0.6 is 0 Å². The SMILES string of the molecule is Cc1oc2ccc(OCc3cccnc3C(F)(F)F)cc2c1C(=O)NC1(CO)COC1. The number of fused-ring (bicyclic) bond motifs is 1. The van der Waals surface area contributed by atoms with Gasteiger partial charge in [0.25, 0.3) is 5.91 Å². The molecule has 164 valence electrons. The third-order valence-electron chi connectivity index (χ3n) is 5.05. The fraction of sp³-hybridized carbons (Fsp3) is 0.333. The summed E-state index contributed by atoms with van der Waals surface area (Å²) in [7, 11) is 0. The van der Waals surface area contributed by atoms with Crippen LogP contribution in [0.3, 0.4) is 0 Å². The Morgan fingerprint density at radius 3 is 2.74 bits per heavy atom. The maximum Gasteiger partial charge on any atom is 0.433 e. The molecule has 3 aromatic rings. The lowest BCUT2D eigenvalue weighted by atomic mass is 9.97. The minimum Gasteiger partial charge on any atom is -0.489 e. The van der Waals surface area contributed by atoms with Crippen LogP contribution in [0.5, 0.6) is 5.75 Å². The van der Waals surface area contributed by atoms with Crippen molar-refractivity contribution < 1.29 is 37.0 Å². The van der Waals surface area contributed by atoms with Crippen LogP contribution in [-0.2, 0) is 17.5 Å². The van der Waals surface area contributed by atoms with Crippen molar-refractivity contribution in [2.45, 2.75) is 25.2 Å². The van der Waals surface area contributed by atoms with Crippen LogP contribution < -0.4 is 10.1 Å². The molecule has 1 saturated heterocycles. The van der Waals surface area contributed by atoms with Gasteiger partial charge in [0.05, 0.1) is 25.4 Å². The topological polar surface area (TPSA) is 93.8 Å². The highest BCUT2D eigenvalue weighted by Crippen LogP contribution is 2.32. The lowest BCUT2D eigenvalue weighted by Crippen LogP contribution is -2.64. The summed E-state index contributed by atoms with van der Waals surface area (Å²) in [6, 6.07) is 7.36. The molecule has 2 N–H and O–H groups in total. The molecule has 10 heteroatoms. The molecular weight excluding hydrogens is 417 g/mol. The number of rotatable bonds is 6. The molecule has 0 aliphatic carbocycles. The first-order chi connectivity index (χ1) is 14.7. The number of nitrogens with zero attached hydrogens (tertiary/aromatic N) is 1. The highest BCUT2D eigenvalue weighted by molar-refractivity contribution is 6.07. The van der Waals surface area contributed by atoms with E-state index in [-0.39, 0.29) is 43.3 Å². The summed E-state index contributed by atoms with van der Waals surface area (Å²) in [5.74, 6) is 0.185. The Bertz CT molecular complexity index is 1120. The number of amides is 1. The van der Waals surface area contributed by atoms with Gasteiger partial charge in [-0.1, -0.05) is 6.07 Å². The lowest BCUT2D eigenvalue weighted by Gasteiger charge is -2.40. The Kier molecular flexibility index (Phi) is 5.36. The number of nitrogens with one attached hydrogen (secondary N) is 1. The van der Waals surface area contributed by atoms with Gasteiger partial charge in [-0.3, -0.25) is 9.78 Å². The molecule has 0 radical (unpaired) electrons. The molecule has 1 amide bonds. The third-order valence-corrected chi connectivity index (χ3v) is 5.05. The van der Waals surface area contributed by atoms with Gasteiger partial charge in [-0.2, -0.15) is 13.2 Å². The van der Waals surface area contributed by atoms with Gasteiger partial charge >= 0.3 is 6.18 Å². The number of halogens is 3. The number of alkyl halides is 3. The second-order valence-electron chi connectivity index (χ2n) is 7.37. The van der Waals surface area contributed by atoms with E-state index in [1.807, 2.05) is 0 Å². The quantitative estimate of drug-likeness (QED) is 0.616. The summed E-state index contributed by atoms with van der Waals surface area (Å²) in [5, 5.41) is 12.8. The lowest BCUT2D eigenvalue weighted by molar-refractivity contribution is -0.142. The van der Waals surface area contributed by atoms with Gasteiger partial charge in [0.2, 0.25) is 0 Å². The zero-order valence-corrected chi connectivity index (χ0v) is 16.5. The minimum atomic E-state index is -4.59. The van der Waals surface area contributed by atoms with Crippen molar-refractivity contribution in [1.82, 2.24) is 10.3 Å². The molecule has 0 atom stereocenters. The van der Waals surface area contributed by atoms with E-state index >= 15 is 0 Å². The number of furan rings is 1. The standard InChI is InChI=1S/C21H19F3N2O5/c1-12-17(19(28)26-20(9-27)10-29-11-20)15-7-14(4-5-16(15)31-12)30-8-13-3-2-6-25-18(13)21(22,23)24/h2-7,27H,8-11H2,1H3,(H,26,28). The van der Waals surface area contributed by atoms with Gasteiger partial charge in [0, 0.05) is 17.1 Å². The highest BCUT2D eigenvalue weighted by Gasteiger charge is 2.40. The molecule has 7 nitrogen and oxygen atoms in total. The number of carbonyl (C=O) groups is 1. The molecule has 0 saturated carbocycles. The first-order valence-electron chi connectivity index (χ1n) is 9.41. The van der Waals surface area contributed by atoms with Crippen LogP contribution in [0, 0.1) is 6.92 Å². The van der Waals surface area contributed by atoms with Crippen LogP contribution in [0.15, 0.2) is 40.9 Å². The summed E-state index contributed by atoms with van der Waals surface area (Å²) in [6.07, 6.45) is -3.52. The van der Waals surface area contributed by atoms with Crippen molar-refractivity contribution in [2.24, 2.45) is 0 Å². The molecule has 3 heterocycles. The van der Waals surface area contributed by atoms with Gasteiger partial charge in [-0.25, -0.2) is 0 Å². The van der Waals surface area contributed by atoms with E-state index in [1.165, 1.54) is 18.2 Å². The molecule has 31 heavy (non-hydrogen) atoms. The van der Waals surface area contributed by atoms with Gasteiger partial charge in [-0.15, -0.1) is 0 Å². The minimum absolute atomic E-state index is 0.105. The molecule has 0 unspecified atom stereocenters. The van der Waals surface area contributed by atoms with Crippen molar-refractivity contribution in [2.75, 3.05) is 19.8 Å². The zero-order valence-electron chi connectivity index (χ0n) is 16.5. The number of benzene rings is 1. The molecule has 1 aromatic carbocycles. The first kappa shape index (κ1) is 21.1. The average molecular weight is 436 g/mol. The normalized spacial score (nSPS) is 15.5. The largest absolute Gasteiger partial charge is 0.489 e. The number of ether oxygens (including phenoxy) is 2. The highest BCUT2D eigenvalue weighted by atomic mass is 19.4. The first-order valence-corrected chi connectivity index (χ1v) is 9.41. The Labute approximate surface area is 174 Å². The van der Waals surface area contributed by atoms with Crippen LogP contribution in [0.2, 0.25) is 0 Å². The van der Waals surface area contributed by atoms with E-state index < -0.39 is 23.3 Å². The average Bonchev–Trinajstić information content (AvgIpc) is 3.03. The maximum absolute atomic E-state index is 13.1. The predicted octanol–water partition coefficient (Wildman–Crippen LogP) is 3.23. The number of aromatic nitrogens is 1. The molecule has 4 rings (SSSR count). The van der Waals surface area contributed by atoms with Gasteiger partial charge in [0.1, 0.15) is 29.2 Å². The van der Waals surface area contributed by atoms with Crippen molar-refractivity contribution in [3.63, 3.8) is 0 Å². The van der Waals surface area contributed by atoms with E-state index in [0.29, 0.717) is 16.7 Å². The molecule has 0 spiro atoms. The van der Waals surface area contributed by atoms with E-state index in [0.717, 1.165) is 6.20 Å². The molecular formula is C21H19F3N2O5. The van der Waals surface area contributed by atoms with Crippen molar-refractivity contribution >= 4 is 16.9 Å². The number of hydrogen-bond donors (Lipinski definition) is 2. The second kappa shape index (κ2) is 7.86. The third kappa shape index (κ3) is 4.08. The van der Waals surface area contributed by atoms with E-state index in [2.05, 4.69) is 10.3 Å². The predicted molar refractivity (Wildman–Crippen MR) is 103 cm³/mol. The van der Waals surface area contributed by atoms with Gasteiger partial charge in [0.15, 0.2) is 5.69 Å². The smallest absolute Gasteiger partial charge is 0.433 e. The van der Waals surface area contributed by atoms with Crippen LogP contribution in [0.1, 0.15) is 27.4 Å². The summed E-state index contributed by atoms with van der Waals surface area (Å²) < 4.78 is 55.7. The number of pyridine rings is 1. The molecule has 2 aromatic heterocycles. The van der Waals surface area contributed by atoms with E-state index in [1.54, 1.807) is 19.1 Å². The fourth-order valence-corrected chi connectivity index (χ4v) is 3.40. The summed E-state index contributed by atoms with van der Waals surface area (Å²) in [4.78, 5) is 16.2. The monoisotopic (exact) mass is 436 g/mol. The Balaban J connectivity index is 1.59. The fourth-order valence-electron chi connectivity index (χ4n) is 3.40. The summed E-state index contributed by atoms with van der Waals surface area (Å²) in [5.41, 5.74) is -1.26. The molecule has 1 aliphatic rings. The maximum atomic E-state index is 13.1. The number of hydrogen-bond acceptors (Lipinski definition) is 6. The number of aryl methyl sites for hydroxylation is 1. The Hall–Kier alpha value is -3.11. The van der Waals surface area contributed by atoms with Crippen LogP contribution in [0.25, 0.3) is 11.0 Å². The molecule has 1 fully saturated rings. The zero-order chi connectivity index (χ0) is 22.2. The van der Waals surface area contributed by atoms with Crippen molar-refractivity contribution in [3.8, 4) is 5.75 Å². The van der Waals surface area contributed by atoms with Crippen molar-refractivity contribution in [3.05, 3.63) is 59.1 Å². The summed E-state index contributed by atoms with van der Waals surface area (Å²) in [6.45, 7) is 1.41. The van der Waals surface area contributed by atoms with E-state index in [4.69, 9.17) is 13.9 Å². The second-order valence-corrected chi connectivity index (χ2v) is 7.37. The van der Waals surface area contributed by atoms with Gasteiger partial charge < -0.3 is 24.3 Å². The van der Waals surface area contributed by atoms with Crippen LogP contribution in [0.4, 0.5) is 13.2 Å². The molecule has 1 aliphatic heterocycles. The van der Waals surface area contributed by atoms with Crippen molar-refractivity contribution in [1.29, 1.82) is 0 Å². The van der Waals surface area contributed by atoms with E-state index in [9.17, 15) is 23.1 Å². The van der Waals surface area contributed by atoms with Crippen LogP contribution in [-0.4, -0.2) is 41.4 Å². The molecule has 0 bridgehead atoms. The number of aliphatic hydroxyl groups is 1. The Morgan fingerprint density at radius 1 is 1.32 bits per heavy atom. The number of aliphatic hydroxyl groups excluding tert-OH is 1. The summed E-state index contributed by atoms with van der Waals surface area (Å²) >= 11 is 0. The Morgan fingerprint density at radius 2 is 2.10 bits per heavy atom.